The van der Waals surface area contributed by atoms with E-state index in [1.54, 1.807) is 12.1 Å². The number of carboxylic acid groups (broad SMARTS) is 1. The summed E-state index contributed by atoms with van der Waals surface area (Å²) in [5.41, 5.74) is 0.822. The van der Waals surface area contributed by atoms with Gasteiger partial charge in [-0.15, -0.1) is 0 Å². The van der Waals surface area contributed by atoms with Crippen LogP contribution < -0.4 is 4.72 Å². The van der Waals surface area contributed by atoms with Gasteiger partial charge in [-0.1, -0.05) is 25.0 Å². The van der Waals surface area contributed by atoms with Crippen LogP contribution >= 0.6 is 0 Å². The van der Waals surface area contributed by atoms with E-state index in [9.17, 15) is 13.2 Å². The van der Waals surface area contributed by atoms with E-state index < -0.39 is 16.0 Å². The van der Waals surface area contributed by atoms with Gasteiger partial charge in [0.15, 0.2) is 0 Å². The van der Waals surface area contributed by atoms with Crippen molar-refractivity contribution < 1.29 is 18.3 Å². The normalized spacial score (nSPS) is 16.6. The van der Waals surface area contributed by atoms with Gasteiger partial charge in [0.05, 0.1) is 4.90 Å². The second-order valence-electron chi connectivity index (χ2n) is 5.74. The number of nitrogens with one attached hydrogen (secondary N) is 1. The Morgan fingerprint density at radius 2 is 1.95 bits per heavy atom. The standard InChI is InChI=1S/C15H21NO4S/c1-11(10-13-2-3-13)16-21(19,20)14-7-4-12(5-8-14)6-9-15(17)18/h4-5,7-8,11,13,16H,2-3,6,9-10H2,1H3,(H,17,18). The summed E-state index contributed by atoms with van der Waals surface area (Å²) in [6, 6.07) is 6.34. The highest BCUT2D eigenvalue weighted by Gasteiger charge is 2.26. The summed E-state index contributed by atoms with van der Waals surface area (Å²) in [6.07, 6.45) is 3.73. The van der Waals surface area contributed by atoms with Gasteiger partial charge in [0.2, 0.25) is 10.0 Å². The summed E-state index contributed by atoms with van der Waals surface area (Å²) < 4.78 is 27.1. The molecular weight excluding hydrogens is 290 g/mol. The molecular formula is C15H21NO4S. The van der Waals surface area contributed by atoms with Crippen molar-refractivity contribution in [3.05, 3.63) is 29.8 Å². The lowest BCUT2D eigenvalue weighted by Crippen LogP contribution is -2.32. The molecule has 5 nitrogen and oxygen atoms in total. The molecule has 2 rings (SSSR count). The first-order chi connectivity index (χ1) is 9.87. The van der Waals surface area contributed by atoms with Crippen molar-refractivity contribution in [3.8, 4) is 0 Å². The number of carbonyl (C=O) groups is 1. The quantitative estimate of drug-likeness (QED) is 0.770. The summed E-state index contributed by atoms with van der Waals surface area (Å²) >= 11 is 0. The lowest BCUT2D eigenvalue weighted by atomic mass is 10.1. The molecule has 1 fully saturated rings. The van der Waals surface area contributed by atoms with Crippen LogP contribution in [0.25, 0.3) is 0 Å². The van der Waals surface area contributed by atoms with Crippen molar-refractivity contribution in [3.63, 3.8) is 0 Å². The average Bonchev–Trinajstić information content (AvgIpc) is 3.20. The fourth-order valence-corrected chi connectivity index (χ4v) is 3.58. The summed E-state index contributed by atoms with van der Waals surface area (Å²) in [7, 11) is -3.49. The van der Waals surface area contributed by atoms with Gasteiger partial charge in [-0.05, 0) is 43.4 Å². The minimum Gasteiger partial charge on any atom is -0.481 e. The molecule has 0 aliphatic heterocycles. The van der Waals surface area contributed by atoms with Gasteiger partial charge in [0.1, 0.15) is 0 Å². The first kappa shape index (κ1) is 16.0. The van der Waals surface area contributed by atoms with Gasteiger partial charge in [0.25, 0.3) is 0 Å². The fourth-order valence-electron chi connectivity index (χ4n) is 2.32. The molecule has 0 heterocycles. The van der Waals surface area contributed by atoms with E-state index in [-0.39, 0.29) is 17.4 Å². The summed E-state index contributed by atoms with van der Waals surface area (Å²) in [6.45, 7) is 1.89. The molecule has 1 aromatic carbocycles. The molecule has 0 radical (unpaired) electrons. The highest BCUT2D eigenvalue weighted by Crippen LogP contribution is 2.33. The smallest absolute Gasteiger partial charge is 0.303 e. The minimum absolute atomic E-state index is 0.0444. The Morgan fingerprint density at radius 3 is 2.48 bits per heavy atom. The first-order valence-electron chi connectivity index (χ1n) is 7.20. The van der Waals surface area contributed by atoms with Crippen LogP contribution in [0.3, 0.4) is 0 Å². The molecule has 6 heteroatoms. The van der Waals surface area contributed by atoms with Gasteiger partial charge in [-0.25, -0.2) is 13.1 Å². The zero-order valence-electron chi connectivity index (χ0n) is 12.1. The van der Waals surface area contributed by atoms with Crippen molar-refractivity contribution in [2.75, 3.05) is 0 Å². The number of aryl methyl sites for hydroxylation is 1. The van der Waals surface area contributed by atoms with E-state index in [1.807, 2.05) is 6.92 Å². The Hall–Kier alpha value is -1.40. The van der Waals surface area contributed by atoms with Crippen molar-refractivity contribution in [1.29, 1.82) is 0 Å². The zero-order chi connectivity index (χ0) is 15.5. The Labute approximate surface area is 125 Å². The molecule has 0 bridgehead atoms. The van der Waals surface area contributed by atoms with Gasteiger partial charge in [-0.3, -0.25) is 4.79 Å². The third-order valence-electron chi connectivity index (χ3n) is 3.60. The number of benzene rings is 1. The number of sulfonamides is 1. The number of carboxylic acids is 1. The predicted octanol–water partition coefficient (Wildman–Crippen LogP) is 2.17. The molecule has 116 valence electrons. The monoisotopic (exact) mass is 311 g/mol. The molecule has 1 unspecified atom stereocenters. The molecule has 1 aromatic rings. The maximum absolute atomic E-state index is 12.2. The van der Waals surface area contributed by atoms with Crippen molar-refractivity contribution in [2.45, 2.75) is 50.0 Å². The van der Waals surface area contributed by atoms with Crippen molar-refractivity contribution >= 4 is 16.0 Å². The van der Waals surface area contributed by atoms with Crippen molar-refractivity contribution in [1.82, 2.24) is 4.72 Å². The van der Waals surface area contributed by atoms with Gasteiger partial charge in [-0.2, -0.15) is 0 Å². The predicted molar refractivity (Wildman–Crippen MR) is 79.5 cm³/mol. The molecule has 0 saturated heterocycles. The van der Waals surface area contributed by atoms with E-state index in [2.05, 4.69) is 4.72 Å². The summed E-state index contributed by atoms with van der Waals surface area (Å²) in [5.74, 6) is -0.191. The highest BCUT2D eigenvalue weighted by molar-refractivity contribution is 7.89. The van der Waals surface area contributed by atoms with E-state index in [4.69, 9.17) is 5.11 Å². The zero-order valence-corrected chi connectivity index (χ0v) is 12.9. The van der Waals surface area contributed by atoms with E-state index in [0.717, 1.165) is 12.0 Å². The lowest BCUT2D eigenvalue weighted by Gasteiger charge is -2.14. The Morgan fingerprint density at radius 1 is 1.33 bits per heavy atom. The second-order valence-corrected chi connectivity index (χ2v) is 7.45. The number of hydrogen-bond acceptors (Lipinski definition) is 3. The van der Waals surface area contributed by atoms with Crippen LogP contribution in [0.1, 0.15) is 38.2 Å². The third kappa shape index (κ3) is 5.13. The summed E-state index contributed by atoms with van der Waals surface area (Å²) in [5, 5.41) is 8.63. The second kappa shape index (κ2) is 6.58. The number of hydrogen-bond donors (Lipinski definition) is 2. The Kier molecular flexibility index (Phi) is 5.00. The first-order valence-corrected chi connectivity index (χ1v) is 8.68. The minimum atomic E-state index is -3.49. The van der Waals surface area contributed by atoms with Crippen LogP contribution in [-0.2, 0) is 21.2 Å². The van der Waals surface area contributed by atoms with Crippen LogP contribution in [0.4, 0.5) is 0 Å². The van der Waals surface area contributed by atoms with Gasteiger partial charge < -0.3 is 5.11 Å². The van der Waals surface area contributed by atoms with E-state index >= 15 is 0 Å². The van der Waals surface area contributed by atoms with Gasteiger partial charge in [0, 0.05) is 12.5 Å². The van der Waals surface area contributed by atoms with Gasteiger partial charge >= 0.3 is 5.97 Å². The van der Waals surface area contributed by atoms with E-state index in [1.165, 1.54) is 25.0 Å². The van der Waals surface area contributed by atoms with Crippen LogP contribution in [0, 0.1) is 5.92 Å². The van der Waals surface area contributed by atoms with Crippen LogP contribution in [-0.4, -0.2) is 25.5 Å². The maximum atomic E-state index is 12.2. The number of rotatable bonds is 8. The average molecular weight is 311 g/mol. The molecule has 1 saturated carbocycles. The lowest BCUT2D eigenvalue weighted by molar-refractivity contribution is -0.136. The molecule has 0 aromatic heterocycles. The molecule has 0 amide bonds. The highest BCUT2D eigenvalue weighted by atomic mass is 32.2. The topological polar surface area (TPSA) is 83.5 Å². The van der Waals surface area contributed by atoms with Crippen LogP contribution in [0.15, 0.2) is 29.2 Å². The van der Waals surface area contributed by atoms with E-state index in [0.29, 0.717) is 12.3 Å². The molecule has 1 atom stereocenters. The molecule has 0 spiro atoms. The SMILES string of the molecule is CC(CC1CC1)NS(=O)(=O)c1ccc(CCC(=O)O)cc1. The number of aliphatic carboxylic acids is 1. The van der Waals surface area contributed by atoms with Crippen LogP contribution in [0.5, 0.6) is 0 Å². The fraction of sp³-hybridized carbons (Fsp3) is 0.533. The molecule has 1 aliphatic carbocycles. The van der Waals surface area contributed by atoms with Crippen molar-refractivity contribution in [2.24, 2.45) is 5.92 Å². The van der Waals surface area contributed by atoms with Crippen LogP contribution in [0.2, 0.25) is 0 Å². The largest absolute Gasteiger partial charge is 0.481 e. The molecule has 21 heavy (non-hydrogen) atoms. The Bertz CT molecular complexity index is 591. The third-order valence-corrected chi connectivity index (χ3v) is 5.21. The summed E-state index contributed by atoms with van der Waals surface area (Å²) in [4.78, 5) is 10.7. The molecule has 2 N–H and O–H groups in total. The molecule has 1 aliphatic rings. The Balaban J connectivity index is 1.96. The maximum Gasteiger partial charge on any atom is 0.303 e.